The summed E-state index contributed by atoms with van der Waals surface area (Å²) in [6, 6.07) is 9.21. The second kappa shape index (κ2) is 6.93. The van der Waals surface area contributed by atoms with Gasteiger partial charge in [0.05, 0.1) is 18.9 Å². The van der Waals surface area contributed by atoms with Gasteiger partial charge in [-0.15, -0.1) is 0 Å². The zero-order chi connectivity index (χ0) is 12.7. The van der Waals surface area contributed by atoms with E-state index in [1.54, 1.807) is 12.1 Å². The third-order valence-corrected chi connectivity index (χ3v) is 2.68. The summed E-state index contributed by atoms with van der Waals surface area (Å²) >= 11 is 5.84. The minimum Gasteiger partial charge on any atom is -0.352 e. The van der Waals surface area contributed by atoms with E-state index in [9.17, 15) is 4.79 Å². The number of nitriles is 1. The van der Waals surface area contributed by atoms with E-state index in [-0.39, 0.29) is 11.9 Å². The van der Waals surface area contributed by atoms with E-state index in [2.05, 4.69) is 11.4 Å². The van der Waals surface area contributed by atoms with Crippen molar-refractivity contribution in [3.8, 4) is 6.07 Å². The zero-order valence-electron chi connectivity index (χ0n) is 9.74. The molecule has 90 valence electrons. The molecule has 0 aromatic heterocycles. The number of amides is 1. The van der Waals surface area contributed by atoms with Gasteiger partial charge in [0.1, 0.15) is 0 Å². The van der Waals surface area contributed by atoms with Gasteiger partial charge in [-0.1, -0.05) is 30.7 Å². The smallest absolute Gasteiger partial charge is 0.224 e. The van der Waals surface area contributed by atoms with Crippen molar-refractivity contribution in [2.45, 2.75) is 32.2 Å². The van der Waals surface area contributed by atoms with Crippen LogP contribution in [0, 0.1) is 11.3 Å². The summed E-state index contributed by atoms with van der Waals surface area (Å²) in [5.41, 5.74) is 0.877. The van der Waals surface area contributed by atoms with Gasteiger partial charge in [-0.3, -0.25) is 4.79 Å². The Morgan fingerprint density at radius 3 is 2.94 bits per heavy atom. The Labute approximate surface area is 106 Å². The molecule has 1 aromatic carbocycles. The van der Waals surface area contributed by atoms with E-state index in [1.165, 1.54) is 0 Å². The van der Waals surface area contributed by atoms with Crippen molar-refractivity contribution in [2.75, 3.05) is 0 Å². The number of benzene rings is 1. The minimum absolute atomic E-state index is 0.0633. The van der Waals surface area contributed by atoms with E-state index in [4.69, 9.17) is 16.9 Å². The van der Waals surface area contributed by atoms with Gasteiger partial charge in [0.15, 0.2) is 0 Å². The first-order chi connectivity index (χ1) is 8.15. The zero-order valence-corrected chi connectivity index (χ0v) is 10.5. The quantitative estimate of drug-likeness (QED) is 0.874. The molecule has 0 saturated carbocycles. The van der Waals surface area contributed by atoms with Crippen LogP contribution in [0.25, 0.3) is 0 Å². The van der Waals surface area contributed by atoms with Crippen molar-refractivity contribution >= 4 is 17.5 Å². The molecule has 1 amide bonds. The van der Waals surface area contributed by atoms with Gasteiger partial charge in [0.2, 0.25) is 5.91 Å². The van der Waals surface area contributed by atoms with Gasteiger partial charge >= 0.3 is 0 Å². The molecule has 4 heteroatoms. The third-order valence-electron chi connectivity index (χ3n) is 2.45. The van der Waals surface area contributed by atoms with Crippen LogP contribution in [0.2, 0.25) is 5.02 Å². The van der Waals surface area contributed by atoms with Crippen LogP contribution in [0.1, 0.15) is 25.3 Å². The van der Waals surface area contributed by atoms with Crippen molar-refractivity contribution < 1.29 is 4.79 Å². The lowest BCUT2D eigenvalue weighted by Crippen LogP contribution is -2.35. The Hall–Kier alpha value is -1.53. The van der Waals surface area contributed by atoms with E-state index >= 15 is 0 Å². The Kier molecular flexibility index (Phi) is 5.51. The summed E-state index contributed by atoms with van der Waals surface area (Å²) in [4.78, 5) is 11.7. The first kappa shape index (κ1) is 13.5. The molecule has 1 N–H and O–H groups in total. The average Bonchev–Trinajstić information content (AvgIpc) is 2.28. The van der Waals surface area contributed by atoms with Crippen molar-refractivity contribution in [1.29, 1.82) is 5.26 Å². The molecule has 17 heavy (non-hydrogen) atoms. The second-order valence-corrected chi connectivity index (χ2v) is 4.28. The molecule has 0 bridgehead atoms. The van der Waals surface area contributed by atoms with Crippen LogP contribution >= 0.6 is 11.6 Å². The number of hydrogen-bond donors (Lipinski definition) is 1. The van der Waals surface area contributed by atoms with Crippen LogP contribution in [0.4, 0.5) is 0 Å². The van der Waals surface area contributed by atoms with Crippen LogP contribution in [-0.2, 0) is 11.2 Å². The summed E-state index contributed by atoms with van der Waals surface area (Å²) in [5, 5.41) is 12.0. The fourth-order valence-electron chi connectivity index (χ4n) is 1.52. The van der Waals surface area contributed by atoms with Gasteiger partial charge in [-0.25, -0.2) is 0 Å². The number of rotatable bonds is 5. The van der Waals surface area contributed by atoms with Crippen molar-refractivity contribution in [1.82, 2.24) is 5.32 Å². The van der Waals surface area contributed by atoms with Crippen LogP contribution in [0.15, 0.2) is 24.3 Å². The molecule has 1 atom stereocenters. The maximum absolute atomic E-state index is 11.7. The fraction of sp³-hybridized carbons (Fsp3) is 0.385. The molecule has 1 aromatic rings. The van der Waals surface area contributed by atoms with Gasteiger partial charge in [-0.05, 0) is 24.1 Å². The standard InChI is InChI=1S/C13H15ClN2O/c1-2-12(6-7-15)16-13(17)9-10-4-3-5-11(14)8-10/h3-5,8,12H,2,6,9H2,1H3,(H,16,17). The van der Waals surface area contributed by atoms with Gasteiger partial charge in [-0.2, -0.15) is 5.26 Å². The normalized spacial score (nSPS) is 11.6. The van der Waals surface area contributed by atoms with Gasteiger partial charge in [0, 0.05) is 11.1 Å². The number of halogens is 1. The highest BCUT2D eigenvalue weighted by Gasteiger charge is 2.10. The van der Waals surface area contributed by atoms with Crippen molar-refractivity contribution in [2.24, 2.45) is 0 Å². The number of carbonyl (C=O) groups excluding carboxylic acids is 1. The summed E-state index contributed by atoms with van der Waals surface area (Å²) in [5.74, 6) is -0.0747. The molecular weight excluding hydrogens is 236 g/mol. The lowest BCUT2D eigenvalue weighted by atomic mass is 10.1. The van der Waals surface area contributed by atoms with Gasteiger partial charge in [0.25, 0.3) is 0 Å². The van der Waals surface area contributed by atoms with Crippen LogP contribution in [0.3, 0.4) is 0 Å². The molecule has 0 fully saturated rings. The monoisotopic (exact) mass is 250 g/mol. The lowest BCUT2D eigenvalue weighted by molar-refractivity contribution is -0.121. The number of carbonyl (C=O) groups is 1. The topological polar surface area (TPSA) is 52.9 Å². The molecule has 0 spiro atoms. The molecule has 0 heterocycles. The predicted molar refractivity (Wildman–Crippen MR) is 67.6 cm³/mol. The Balaban J connectivity index is 2.52. The maximum atomic E-state index is 11.7. The number of nitrogens with one attached hydrogen (secondary N) is 1. The fourth-order valence-corrected chi connectivity index (χ4v) is 1.73. The van der Waals surface area contributed by atoms with Crippen molar-refractivity contribution in [3.63, 3.8) is 0 Å². The Morgan fingerprint density at radius 2 is 2.35 bits per heavy atom. The first-order valence-electron chi connectivity index (χ1n) is 5.56. The highest BCUT2D eigenvalue weighted by atomic mass is 35.5. The first-order valence-corrected chi connectivity index (χ1v) is 5.94. The highest BCUT2D eigenvalue weighted by Crippen LogP contribution is 2.11. The summed E-state index contributed by atoms with van der Waals surface area (Å²) in [6.45, 7) is 1.95. The molecule has 0 aliphatic heterocycles. The summed E-state index contributed by atoms with van der Waals surface area (Å²) in [6.07, 6.45) is 1.40. The van der Waals surface area contributed by atoms with E-state index in [1.807, 2.05) is 19.1 Å². The minimum atomic E-state index is -0.0747. The van der Waals surface area contributed by atoms with Crippen molar-refractivity contribution in [3.05, 3.63) is 34.9 Å². The number of nitrogens with zero attached hydrogens (tertiary/aromatic N) is 1. The SMILES string of the molecule is CCC(CC#N)NC(=O)Cc1cccc(Cl)c1. The second-order valence-electron chi connectivity index (χ2n) is 3.84. The Morgan fingerprint density at radius 1 is 1.59 bits per heavy atom. The van der Waals surface area contributed by atoms with Gasteiger partial charge < -0.3 is 5.32 Å². The lowest BCUT2D eigenvalue weighted by Gasteiger charge is -2.13. The van der Waals surface area contributed by atoms with E-state index in [0.29, 0.717) is 17.9 Å². The summed E-state index contributed by atoms with van der Waals surface area (Å²) in [7, 11) is 0. The predicted octanol–water partition coefficient (Wildman–Crippen LogP) is 2.69. The molecule has 0 radical (unpaired) electrons. The van der Waals surface area contributed by atoms with Crippen LogP contribution < -0.4 is 5.32 Å². The molecule has 1 rings (SSSR count). The molecule has 0 saturated heterocycles. The largest absolute Gasteiger partial charge is 0.352 e. The highest BCUT2D eigenvalue weighted by molar-refractivity contribution is 6.30. The van der Waals surface area contributed by atoms with Crippen LogP contribution in [-0.4, -0.2) is 11.9 Å². The Bertz CT molecular complexity index is 426. The van der Waals surface area contributed by atoms with E-state index in [0.717, 1.165) is 12.0 Å². The third kappa shape index (κ3) is 4.88. The average molecular weight is 251 g/mol. The molecular formula is C13H15ClN2O. The van der Waals surface area contributed by atoms with E-state index < -0.39 is 0 Å². The molecule has 1 unspecified atom stereocenters. The number of hydrogen-bond acceptors (Lipinski definition) is 2. The molecule has 0 aliphatic rings. The molecule has 3 nitrogen and oxygen atoms in total. The maximum Gasteiger partial charge on any atom is 0.224 e. The molecule has 0 aliphatic carbocycles. The van der Waals surface area contributed by atoms with Crippen LogP contribution in [0.5, 0.6) is 0 Å². The summed E-state index contributed by atoms with van der Waals surface area (Å²) < 4.78 is 0.